The predicted octanol–water partition coefficient (Wildman–Crippen LogP) is 3.75. The highest BCUT2D eigenvalue weighted by Gasteiger charge is 2.27. The highest BCUT2D eigenvalue weighted by Crippen LogP contribution is 2.37. The number of carbonyl (C=O) groups is 1. The summed E-state index contributed by atoms with van der Waals surface area (Å²) in [7, 11) is 0. The number of rotatable bonds is 3. The van der Waals surface area contributed by atoms with Gasteiger partial charge in [-0.05, 0) is 43.3 Å². The maximum absolute atomic E-state index is 11.9. The average Bonchev–Trinajstić information content (AvgIpc) is 2.55. The van der Waals surface area contributed by atoms with Crippen LogP contribution in [0.4, 0.5) is 11.4 Å². The fraction of sp³-hybridized carbons (Fsp3) is 0.125. The molecule has 3 rings (SSSR count). The number of nitrogens with zero attached hydrogens (tertiary/aromatic N) is 2. The number of benzene rings is 2. The molecule has 0 bridgehead atoms. The average molecular weight is 317 g/mol. The van der Waals surface area contributed by atoms with Gasteiger partial charge in [0.15, 0.2) is 5.75 Å². The molecule has 5 nitrogen and oxygen atoms in total. The first-order valence-corrected chi connectivity index (χ1v) is 7.15. The van der Waals surface area contributed by atoms with Crippen LogP contribution in [0.15, 0.2) is 53.6 Å². The van der Waals surface area contributed by atoms with Gasteiger partial charge in [0.1, 0.15) is 5.69 Å². The molecule has 0 aromatic heterocycles. The second-order valence-corrected chi connectivity index (χ2v) is 4.92. The maximum Gasteiger partial charge on any atom is 0.396 e. The molecule has 0 unspecified atom stereocenters. The van der Waals surface area contributed by atoms with Gasteiger partial charge in [0, 0.05) is 5.02 Å². The monoisotopic (exact) mass is 316 g/mol. The van der Waals surface area contributed by atoms with Crippen LogP contribution in [0.5, 0.6) is 5.75 Å². The summed E-state index contributed by atoms with van der Waals surface area (Å²) in [6.45, 7) is 1.98. The van der Waals surface area contributed by atoms with E-state index in [1.54, 1.807) is 30.1 Å². The number of hydrogen-bond acceptors (Lipinski definition) is 5. The molecule has 0 atom stereocenters. The van der Waals surface area contributed by atoms with Gasteiger partial charge in [-0.3, -0.25) is 0 Å². The Labute approximate surface area is 132 Å². The van der Waals surface area contributed by atoms with Crippen molar-refractivity contribution in [3.63, 3.8) is 0 Å². The minimum absolute atomic E-state index is 0.101. The van der Waals surface area contributed by atoms with E-state index in [1.807, 2.05) is 30.3 Å². The Morgan fingerprint density at radius 2 is 1.95 bits per heavy atom. The number of anilines is 2. The van der Waals surface area contributed by atoms with Crippen molar-refractivity contribution < 1.29 is 14.3 Å². The van der Waals surface area contributed by atoms with Crippen molar-refractivity contribution in [1.82, 2.24) is 0 Å². The van der Waals surface area contributed by atoms with Crippen molar-refractivity contribution in [3.05, 3.63) is 53.6 Å². The Morgan fingerprint density at radius 1 is 1.23 bits per heavy atom. The largest absolute Gasteiger partial charge is 0.459 e. The summed E-state index contributed by atoms with van der Waals surface area (Å²) in [5, 5.41) is 6.50. The Hall–Kier alpha value is -2.53. The molecule has 1 aliphatic heterocycles. The zero-order valence-corrected chi connectivity index (χ0v) is 12.6. The van der Waals surface area contributed by atoms with E-state index in [4.69, 9.17) is 21.1 Å². The van der Waals surface area contributed by atoms with Crippen LogP contribution in [-0.4, -0.2) is 18.5 Å². The van der Waals surface area contributed by atoms with Crippen LogP contribution in [0.3, 0.4) is 0 Å². The molecule has 112 valence electrons. The minimum Gasteiger partial charge on any atom is -0.459 e. The summed E-state index contributed by atoms with van der Waals surface area (Å²) in [5.74, 6) is -0.165. The standard InChI is InChI=1S/C16H13ClN2O3/c1-2-21-16(20)15-18-19(12-9-7-11(17)8-10-12)13-5-3-4-6-14(13)22-15/h3-10H,2H2,1H3. The van der Waals surface area contributed by atoms with Gasteiger partial charge in [-0.25, -0.2) is 9.80 Å². The first kappa shape index (κ1) is 14.4. The second kappa shape index (κ2) is 6.07. The summed E-state index contributed by atoms with van der Waals surface area (Å²) in [6.07, 6.45) is 0. The quantitative estimate of drug-likeness (QED) is 0.809. The van der Waals surface area contributed by atoms with Gasteiger partial charge in [0.2, 0.25) is 0 Å². The van der Waals surface area contributed by atoms with E-state index in [9.17, 15) is 4.79 Å². The summed E-state index contributed by atoms with van der Waals surface area (Å²) in [6, 6.07) is 14.5. The van der Waals surface area contributed by atoms with Crippen molar-refractivity contribution in [2.45, 2.75) is 6.92 Å². The van der Waals surface area contributed by atoms with Crippen LogP contribution in [0.25, 0.3) is 0 Å². The number of fused-ring (bicyclic) bond motifs is 1. The zero-order chi connectivity index (χ0) is 15.5. The zero-order valence-electron chi connectivity index (χ0n) is 11.8. The number of hydrazone groups is 1. The number of para-hydroxylation sites is 2. The molecule has 0 amide bonds. The topological polar surface area (TPSA) is 51.1 Å². The molecule has 0 radical (unpaired) electrons. The number of hydrogen-bond donors (Lipinski definition) is 0. The molecule has 0 aliphatic carbocycles. The van der Waals surface area contributed by atoms with Crippen LogP contribution in [0.1, 0.15) is 6.92 Å². The fourth-order valence-electron chi connectivity index (χ4n) is 2.04. The van der Waals surface area contributed by atoms with E-state index in [2.05, 4.69) is 5.10 Å². The highest BCUT2D eigenvalue weighted by atomic mass is 35.5. The van der Waals surface area contributed by atoms with Crippen molar-refractivity contribution in [2.75, 3.05) is 11.6 Å². The van der Waals surface area contributed by atoms with E-state index < -0.39 is 5.97 Å². The lowest BCUT2D eigenvalue weighted by Crippen LogP contribution is -2.30. The van der Waals surface area contributed by atoms with Crippen molar-refractivity contribution in [1.29, 1.82) is 0 Å². The first-order chi connectivity index (χ1) is 10.7. The third-order valence-electron chi connectivity index (χ3n) is 3.01. The molecule has 2 aromatic carbocycles. The third-order valence-corrected chi connectivity index (χ3v) is 3.26. The fourth-order valence-corrected chi connectivity index (χ4v) is 2.17. The summed E-state index contributed by atoms with van der Waals surface area (Å²) in [4.78, 5) is 11.9. The van der Waals surface area contributed by atoms with Gasteiger partial charge in [0.05, 0.1) is 12.3 Å². The Bertz CT molecular complexity index is 728. The molecule has 1 aliphatic rings. The van der Waals surface area contributed by atoms with Crippen LogP contribution < -0.4 is 9.75 Å². The van der Waals surface area contributed by atoms with Gasteiger partial charge >= 0.3 is 11.9 Å². The summed E-state index contributed by atoms with van der Waals surface area (Å²) < 4.78 is 10.5. The molecule has 2 aromatic rings. The third kappa shape index (κ3) is 2.76. The van der Waals surface area contributed by atoms with Crippen LogP contribution in [0, 0.1) is 0 Å². The first-order valence-electron chi connectivity index (χ1n) is 6.77. The maximum atomic E-state index is 11.9. The molecule has 22 heavy (non-hydrogen) atoms. The molecule has 0 fully saturated rings. The summed E-state index contributed by atoms with van der Waals surface area (Å²) >= 11 is 5.92. The second-order valence-electron chi connectivity index (χ2n) is 4.48. The van der Waals surface area contributed by atoms with Crippen LogP contribution in [0.2, 0.25) is 5.02 Å². The van der Waals surface area contributed by atoms with Gasteiger partial charge in [-0.1, -0.05) is 23.7 Å². The lowest BCUT2D eigenvalue weighted by molar-refractivity contribution is -0.136. The number of carbonyl (C=O) groups excluding carboxylic acids is 1. The number of ether oxygens (including phenoxy) is 2. The SMILES string of the molecule is CCOC(=O)C1=NN(c2ccc(Cl)cc2)c2ccccc2O1. The number of esters is 1. The van der Waals surface area contributed by atoms with E-state index in [0.717, 1.165) is 11.4 Å². The molecule has 0 saturated heterocycles. The number of halogens is 1. The van der Waals surface area contributed by atoms with Crippen LogP contribution in [-0.2, 0) is 9.53 Å². The minimum atomic E-state index is -0.601. The van der Waals surface area contributed by atoms with Gasteiger partial charge in [-0.2, -0.15) is 0 Å². The smallest absolute Gasteiger partial charge is 0.396 e. The van der Waals surface area contributed by atoms with Crippen molar-refractivity contribution in [3.8, 4) is 5.75 Å². The highest BCUT2D eigenvalue weighted by molar-refractivity contribution is 6.34. The molecular formula is C16H13ClN2O3. The van der Waals surface area contributed by atoms with Crippen molar-refractivity contribution >= 4 is 34.8 Å². The molecule has 0 spiro atoms. The van der Waals surface area contributed by atoms with Crippen molar-refractivity contribution in [2.24, 2.45) is 5.10 Å². The van der Waals surface area contributed by atoms with Gasteiger partial charge in [0.25, 0.3) is 0 Å². The van der Waals surface area contributed by atoms with Gasteiger partial charge < -0.3 is 9.47 Å². The molecule has 1 heterocycles. The van der Waals surface area contributed by atoms with E-state index in [0.29, 0.717) is 10.8 Å². The Morgan fingerprint density at radius 3 is 2.68 bits per heavy atom. The predicted molar refractivity (Wildman–Crippen MR) is 84.7 cm³/mol. The lowest BCUT2D eigenvalue weighted by atomic mass is 10.2. The van der Waals surface area contributed by atoms with E-state index in [-0.39, 0.29) is 12.5 Å². The molecule has 0 N–H and O–H groups in total. The lowest BCUT2D eigenvalue weighted by Gasteiger charge is -2.26. The molecule has 0 saturated carbocycles. The van der Waals surface area contributed by atoms with E-state index >= 15 is 0 Å². The molecule has 6 heteroatoms. The summed E-state index contributed by atoms with van der Waals surface area (Å²) in [5.41, 5.74) is 1.50. The van der Waals surface area contributed by atoms with Gasteiger partial charge in [-0.15, -0.1) is 5.10 Å². The Balaban J connectivity index is 2.04. The van der Waals surface area contributed by atoms with E-state index in [1.165, 1.54) is 0 Å². The normalized spacial score (nSPS) is 13.0. The van der Waals surface area contributed by atoms with Crippen LogP contribution >= 0.6 is 11.6 Å². The Kier molecular flexibility index (Phi) is 3.98. The molecular weight excluding hydrogens is 304 g/mol.